The maximum absolute atomic E-state index is 13.2. The molecule has 0 radical (unpaired) electrons. The third kappa shape index (κ3) is 4.99. The Hall–Kier alpha value is -0.980. The normalized spacial score (nSPS) is 20.0. The minimum Gasteiger partial charge on any atom is -0.487 e. The molecule has 0 aliphatic carbocycles. The van der Waals surface area contributed by atoms with E-state index in [1.165, 1.54) is 18.2 Å². The van der Waals surface area contributed by atoms with Gasteiger partial charge in [-0.3, -0.25) is 0 Å². The molecular weight excluding hydrogens is 331 g/mol. The average Bonchev–Trinajstić information content (AvgIpc) is 2.95. The Morgan fingerprint density at radius 2 is 2.09 bits per heavy atom. The van der Waals surface area contributed by atoms with Gasteiger partial charge in [-0.05, 0) is 38.9 Å². The number of hydrogen-bond donors (Lipinski definition) is 1. The molecule has 23 heavy (non-hydrogen) atoms. The molecule has 1 heterocycles. The van der Waals surface area contributed by atoms with E-state index < -0.39 is 17.8 Å². The summed E-state index contributed by atoms with van der Waals surface area (Å²) in [7, 11) is 0. The highest BCUT2D eigenvalue weighted by Crippen LogP contribution is 2.41. The minimum absolute atomic E-state index is 0.0167. The first kappa shape index (κ1) is 18.4. The van der Waals surface area contributed by atoms with Gasteiger partial charge in [0.2, 0.25) is 0 Å². The molecule has 1 N–H and O–H groups in total. The maximum Gasteiger partial charge on any atom is 0.421 e. The lowest BCUT2D eigenvalue weighted by Gasteiger charge is -2.27. The third-order valence-corrected chi connectivity index (χ3v) is 4.07. The second kappa shape index (κ2) is 7.73. The van der Waals surface area contributed by atoms with Crippen LogP contribution in [-0.2, 0) is 10.9 Å². The fourth-order valence-corrected chi connectivity index (χ4v) is 2.86. The quantitative estimate of drug-likeness (QED) is 0.835. The van der Waals surface area contributed by atoms with Gasteiger partial charge in [-0.1, -0.05) is 17.7 Å². The van der Waals surface area contributed by atoms with Crippen LogP contribution >= 0.6 is 11.6 Å². The van der Waals surface area contributed by atoms with Crippen LogP contribution in [0.4, 0.5) is 13.2 Å². The molecule has 2 atom stereocenters. The molecule has 130 valence electrons. The van der Waals surface area contributed by atoms with Crippen LogP contribution in [0.2, 0.25) is 5.02 Å². The molecule has 3 nitrogen and oxygen atoms in total. The third-order valence-electron chi connectivity index (χ3n) is 3.76. The number of ether oxygens (including phenoxy) is 2. The van der Waals surface area contributed by atoms with Crippen molar-refractivity contribution in [2.24, 2.45) is 5.92 Å². The Morgan fingerprint density at radius 3 is 2.65 bits per heavy atom. The van der Waals surface area contributed by atoms with Crippen molar-refractivity contribution in [3.8, 4) is 5.75 Å². The van der Waals surface area contributed by atoms with Crippen LogP contribution in [0.3, 0.4) is 0 Å². The molecule has 1 aromatic carbocycles. The highest BCUT2D eigenvalue weighted by atomic mass is 35.5. The van der Waals surface area contributed by atoms with Crippen molar-refractivity contribution in [3.63, 3.8) is 0 Å². The highest BCUT2D eigenvalue weighted by molar-refractivity contribution is 6.31. The van der Waals surface area contributed by atoms with Crippen LogP contribution in [0.25, 0.3) is 0 Å². The summed E-state index contributed by atoms with van der Waals surface area (Å²) >= 11 is 5.74. The Balaban J connectivity index is 2.23. The van der Waals surface area contributed by atoms with E-state index in [2.05, 4.69) is 5.32 Å². The van der Waals surface area contributed by atoms with Crippen LogP contribution in [-0.4, -0.2) is 31.9 Å². The van der Waals surface area contributed by atoms with E-state index in [9.17, 15) is 13.2 Å². The number of rotatable bonds is 6. The molecule has 0 aromatic heterocycles. The summed E-state index contributed by atoms with van der Waals surface area (Å²) < 4.78 is 51.0. The molecule has 1 aromatic rings. The van der Waals surface area contributed by atoms with Crippen molar-refractivity contribution in [3.05, 3.63) is 28.8 Å². The van der Waals surface area contributed by atoms with E-state index in [-0.39, 0.29) is 29.4 Å². The lowest BCUT2D eigenvalue weighted by Crippen LogP contribution is -2.34. The second-order valence-corrected chi connectivity index (χ2v) is 6.31. The van der Waals surface area contributed by atoms with Gasteiger partial charge in [0, 0.05) is 12.5 Å². The van der Waals surface area contributed by atoms with Gasteiger partial charge >= 0.3 is 6.18 Å². The fourth-order valence-electron chi connectivity index (χ4n) is 2.59. The first-order valence-electron chi connectivity index (χ1n) is 7.63. The van der Waals surface area contributed by atoms with Gasteiger partial charge in [-0.25, -0.2) is 0 Å². The maximum atomic E-state index is 13.2. The van der Waals surface area contributed by atoms with Crippen LogP contribution in [0.5, 0.6) is 5.75 Å². The molecule has 2 rings (SSSR count). The number of benzene rings is 1. The van der Waals surface area contributed by atoms with Crippen molar-refractivity contribution >= 4 is 11.6 Å². The van der Waals surface area contributed by atoms with E-state index in [1.54, 1.807) is 0 Å². The van der Waals surface area contributed by atoms with Gasteiger partial charge in [0.25, 0.3) is 0 Å². The van der Waals surface area contributed by atoms with E-state index >= 15 is 0 Å². The number of hydrogen-bond acceptors (Lipinski definition) is 3. The van der Waals surface area contributed by atoms with Crippen LogP contribution in [0, 0.1) is 5.92 Å². The lowest BCUT2D eigenvalue weighted by atomic mass is 10.0. The summed E-state index contributed by atoms with van der Waals surface area (Å²) in [5.41, 5.74) is -0.929. The van der Waals surface area contributed by atoms with E-state index in [0.29, 0.717) is 6.54 Å². The Labute approximate surface area is 139 Å². The topological polar surface area (TPSA) is 30.5 Å². The molecule has 0 unspecified atom stereocenters. The Bertz CT molecular complexity index is 517. The van der Waals surface area contributed by atoms with Crippen molar-refractivity contribution in [2.75, 3.05) is 19.7 Å². The molecule has 0 spiro atoms. The second-order valence-electron chi connectivity index (χ2n) is 5.90. The summed E-state index contributed by atoms with van der Waals surface area (Å²) in [5, 5.41) is 2.84. The highest BCUT2D eigenvalue weighted by Gasteiger charge is 2.38. The number of halogens is 4. The fraction of sp³-hybridized carbons (Fsp3) is 0.625. The Kier molecular flexibility index (Phi) is 6.17. The molecule has 0 amide bonds. The number of nitrogens with one attached hydrogen (secondary N) is 1. The van der Waals surface area contributed by atoms with Crippen molar-refractivity contribution < 1.29 is 22.6 Å². The molecule has 1 fully saturated rings. The van der Waals surface area contributed by atoms with Gasteiger partial charge in [0.15, 0.2) is 0 Å². The first-order chi connectivity index (χ1) is 10.8. The monoisotopic (exact) mass is 351 g/mol. The zero-order chi connectivity index (χ0) is 17.0. The zero-order valence-electron chi connectivity index (χ0n) is 13.1. The molecule has 0 saturated carbocycles. The predicted molar refractivity (Wildman–Crippen MR) is 82.9 cm³/mol. The summed E-state index contributed by atoms with van der Waals surface area (Å²) in [6.45, 7) is 5.53. The lowest BCUT2D eigenvalue weighted by molar-refractivity contribution is -0.139. The van der Waals surface area contributed by atoms with Crippen molar-refractivity contribution in [1.29, 1.82) is 0 Å². The molecule has 1 aliphatic rings. The van der Waals surface area contributed by atoms with Crippen LogP contribution in [0.1, 0.15) is 25.8 Å². The van der Waals surface area contributed by atoms with Crippen LogP contribution in [0.15, 0.2) is 18.2 Å². The molecular formula is C16H21ClF3NO2. The summed E-state index contributed by atoms with van der Waals surface area (Å²) in [6, 6.07) is 3.98. The van der Waals surface area contributed by atoms with E-state index in [4.69, 9.17) is 21.1 Å². The summed E-state index contributed by atoms with van der Waals surface area (Å²) in [5.74, 6) is -0.136. The van der Waals surface area contributed by atoms with Gasteiger partial charge in [-0.15, -0.1) is 0 Å². The number of alkyl halides is 3. The van der Waals surface area contributed by atoms with Gasteiger partial charge < -0.3 is 14.8 Å². The van der Waals surface area contributed by atoms with E-state index in [1.807, 2.05) is 13.8 Å². The van der Waals surface area contributed by atoms with Crippen molar-refractivity contribution in [1.82, 2.24) is 5.32 Å². The first-order valence-corrected chi connectivity index (χ1v) is 8.01. The molecule has 0 bridgehead atoms. The SMILES string of the molecule is CC(C)OC[C@@H](Oc1cccc(Cl)c1C(F)(F)F)[C@H]1CCNC1. The van der Waals surface area contributed by atoms with Crippen molar-refractivity contribution in [2.45, 2.75) is 38.7 Å². The molecule has 1 aliphatic heterocycles. The Morgan fingerprint density at radius 1 is 1.35 bits per heavy atom. The predicted octanol–water partition coefficient (Wildman–Crippen LogP) is 4.14. The van der Waals surface area contributed by atoms with Gasteiger partial charge in [0.1, 0.15) is 17.4 Å². The largest absolute Gasteiger partial charge is 0.487 e. The summed E-state index contributed by atoms with van der Waals surface area (Å²) in [6.07, 6.45) is -4.19. The average molecular weight is 352 g/mol. The molecule has 7 heteroatoms. The summed E-state index contributed by atoms with van der Waals surface area (Å²) in [4.78, 5) is 0. The molecule has 1 saturated heterocycles. The minimum atomic E-state index is -4.56. The van der Waals surface area contributed by atoms with Gasteiger partial charge in [0.05, 0.1) is 17.7 Å². The van der Waals surface area contributed by atoms with Gasteiger partial charge in [-0.2, -0.15) is 13.2 Å². The van der Waals surface area contributed by atoms with Crippen LogP contribution < -0.4 is 10.1 Å². The smallest absolute Gasteiger partial charge is 0.421 e. The van der Waals surface area contributed by atoms with E-state index in [0.717, 1.165) is 13.0 Å². The standard InChI is InChI=1S/C16H21ClF3NO2/c1-10(2)22-9-14(11-6-7-21-8-11)23-13-5-3-4-12(17)15(13)16(18,19)20/h3-5,10-11,14,21H,6-9H2,1-2H3/t11-,14+/m0/s1. The zero-order valence-corrected chi connectivity index (χ0v) is 13.9.